The molecule has 2 N–H and O–H groups in total. The maximum Gasteiger partial charge on any atom is 0.389 e. The minimum Gasteiger partial charge on any atom is -0.399 e. The number of nitrogens with two attached hydrogens (primary N) is 1. The van der Waals surface area contributed by atoms with E-state index < -0.39 is 30.2 Å². The van der Waals surface area contributed by atoms with E-state index in [1.165, 1.54) is 0 Å². The van der Waals surface area contributed by atoms with Crippen LogP contribution in [0, 0.1) is 0 Å². The average Bonchev–Trinajstić information content (AvgIpc) is 2.25. The van der Waals surface area contributed by atoms with Gasteiger partial charge in [0.2, 0.25) is 0 Å². The highest BCUT2D eigenvalue weighted by atomic mass is 19.4. The molecule has 0 unspecified atom stereocenters. The predicted molar refractivity (Wildman–Crippen MR) is 64.2 cm³/mol. The molecule has 1 aromatic rings. The molecule has 0 saturated heterocycles. The van der Waals surface area contributed by atoms with Gasteiger partial charge in [-0.15, -0.1) is 0 Å². The lowest BCUT2D eigenvalue weighted by Crippen LogP contribution is -2.30. The minimum atomic E-state index is -4.30. The van der Waals surface area contributed by atoms with Gasteiger partial charge >= 0.3 is 6.18 Å². The number of hydrogen-bond donors (Lipinski definition) is 1. The molecule has 0 atom stereocenters. The summed E-state index contributed by atoms with van der Waals surface area (Å²) in [5.74, 6) is -0.426. The van der Waals surface area contributed by atoms with Crippen molar-refractivity contribution in [2.75, 3.05) is 5.73 Å². The summed E-state index contributed by atoms with van der Waals surface area (Å²) in [7, 11) is 0. The van der Waals surface area contributed by atoms with E-state index in [1.54, 1.807) is 38.1 Å². The van der Waals surface area contributed by atoms with Gasteiger partial charge in [-0.25, -0.2) is 0 Å². The lowest BCUT2D eigenvalue weighted by molar-refractivity contribution is -0.145. The number of halogens is 3. The van der Waals surface area contributed by atoms with Crippen LogP contribution < -0.4 is 5.73 Å². The second-order valence-corrected chi connectivity index (χ2v) is 4.79. The first kappa shape index (κ1) is 14.5. The fourth-order valence-electron chi connectivity index (χ4n) is 1.63. The molecular weight excluding hydrogens is 243 g/mol. The Morgan fingerprint density at radius 2 is 1.67 bits per heavy atom. The first-order valence-corrected chi connectivity index (χ1v) is 5.59. The van der Waals surface area contributed by atoms with E-state index in [-0.39, 0.29) is 0 Å². The molecule has 18 heavy (non-hydrogen) atoms. The molecule has 0 aliphatic rings. The second-order valence-electron chi connectivity index (χ2n) is 4.79. The molecule has 100 valence electrons. The van der Waals surface area contributed by atoms with E-state index in [0.29, 0.717) is 11.3 Å². The first-order chi connectivity index (χ1) is 8.13. The Balaban J connectivity index is 2.79. The van der Waals surface area contributed by atoms with Crippen molar-refractivity contribution in [3.8, 4) is 0 Å². The van der Waals surface area contributed by atoms with Crippen LogP contribution in [0.15, 0.2) is 24.3 Å². The summed E-state index contributed by atoms with van der Waals surface area (Å²) in [6.45, 7) is 3.24. The molecule has 0 saturated carbocycles. The Labute approximate surface area is 104 Å². The maximum absolute atomic E-state index is 12.1. The van der Waals surface area contributed by atoms with Crippen molar-refractivity contribution >= 4 is 11.5 Å². The summed E-state index contributed by atoms with van der Waals surface area (Å²) in [6, 6.07) is 6.60. The Kier molecular flexibility index (Phi) is 4.04. The van der Waals surface area contributed by atoms with Crippen molar-refractivity contribution in [2.24, 2.45) is 0 Å². The van der Waals surface area contributed by atoms with Crippen LogP contribution in [0.4, 0.5) is 18.9 Å². The molecule has 0 heterocycles. The standard InChI is InChI=1S/C13H16F3NO/c1-12(2,9-3-5-10(17)6-4-9)11(18)7-8-13(14,15)16/h3-6H,7-8,17H2,1-2H3. The normalized spacial score (nSPS) is 12.5. The summed E-state index contributed by atoms with van der Waals surface area (Å²) in [5, 5.41) is 0. The van der Waals surface area contributed by atoms with Crippen molar-refractivity contribution in [1.29, 1.82) is 0 Å². The Morgan fingerprint density at radius 1 is 1.17 bits per heavy atom. The largest absolute Gasteiger partial charge is 0.399 e. The van der Waals surface area contributed by atoms with Crippen LogP contribution in [-0.4, -0.2) is 12.0 Å². The highest BCUT2D eigenvalue weighted by molar-refractivity contribution is 5.89. The number of ketones is 1. The molecule has 1 rings (SSSR count). The number of hydrogen-bond acceptors (Lipinski definition) is 2. The highest BCUT2D eigenvalue weighted by Gasteiger charge is 2.34. The van der Waals surface area contributed by atoms with Gasteiger partial charge in [-0.05, 0) is 31.5 Å². The topological polar surface area (TPSA) is 43.1 Å². The van der Waals surface area contributed by atoms with E-state index in [9.17, 15) is 18.0 Å². The summed E-state index contributed by atoms with van der Waals surface area (Å²) in [5.41, 5.74) is 5.82. The number of rotatable bonds is 4. The Hall–Kier alpha value is -1.52. The summed E-state index contributed by atoms with van der Waals surface area (Å²) in [4.78, 5) is 11.9. The van der Waals surface area contributed by atoms with Crippen LogP contribution >= 0.6 is 0 Å². The molecule has 0 aliphatic heterocycles. The number of carbonyl (C=O) groups excluding carboxylic acids is 1. The monoisotopic (exact) mass is 259 g/mol. The van der Waals surface area contributed by atoms with Gasteiger partial charge in [-0.3, -0.25) is 4.79 Å². The minimum absolute atomic E-state index is 0.426. The van der Waals surface area contributed by atoms with Gasteiger partial charge in [0.05, 0.1) is 6.42 Å². The molecule has 0 aliphatic carbocycles. The lowest BCUT2D eigenvalue weighted by atomic mass is 9.79. The number of anilines is 1. The van der Waals surface area contributed by atoms with Crippen LogP contribution in [0.5, 0.6) is 0 Å². The third kappa shape index (κ3) is 3.75. The summed E-state index contributed by atoms with van der Waals surface area (Å²) >= 11 is 0. The van der Waals surface area contributed by atoms with Gasteiger partial charge in [0, 0.05) is 17.5 Å². The SMILES string of the molecule is CC(C)(C(=O)CCC(F)(F)F)c1ccc(N)cc1. The van der Waals surface area contributed by atoms with Gasteiger partial charge in [-0.1, -0.05) is 12.1 Å². The van der Waals surface area contributed by atoms with E-state index in [0.717, 1.165) is 0 Å². The zero-order valence-electron chi connectivity index (χ0n) is 10.3. The molecule has 0 fully saturated rings. The zero-order valence-corrected chi connectivity index (χ0v) is 10.3. The van der Waals surface area contributed by atoms with Crippen molar-refractivity contribution < 1.29 is 18.0 Å². The van der Waals surface area contributed by atoms with Crippen LogP contribution in [0.1, 0.15) is 32.3 Å². The Bertz CT molecular complexity index is 421. The van der Waals surface area contributed by atoms with E-state index in [2.05, 4.69) is 0 Å². The third-order valence-electron chi connectivity index (χ3n) is 2.97. The molecule has 0 radical (unpaired) electrons. The van der Waals surface area contributed by atoms with Crippen molar-refractivity contribution in [3.63, 3.8) is 0 Å². The molecule has 2 nitrogen and oxygen atoms in total. The number of carbonyl (C=O) groups is 1. The van der Waals surface area contributed by atoms with Crippen LogP contribution in [-0.2, 0) is 10.2 Å². The second kappa shape index (κ2) is 5.00. The number of benzene rings is 1. The van der Waals surface area contributed by atoms with Crippen LogP contribution in [0.3, 0.4) is 0 Å². The quantitative estimate of drug-likeness (QED) is 0.841. The number of alkyl halides is 3. The Morgan fingerprint density at radius 3 is 2.11 bits per heavy atom. The van der Waals surface area contributed by atoms with Crippen molar-refractivity contribution in [1.82, 2.24) is 0 Å². The van der Waals surface area contributed by atoms with Gasteiger partial charge in [0.1, 0.15) is 5.78 Å². The smallest absolute Gasteiger partial charge is 0.389 e. The molecule has 0 spiro atoms. The number of Topliss-reactive ketones (excluding diaryl/α,β-unsaturated/α-hetero) is 1. The predicted octanol–water partition coefficient (Wildman–Crippen LogP) is 3.46. The molecular formula is C13H16F3NO. The number of nitrogen functional groups attached to an aromatic ring is 1. The maximum atomic E-state index is 12.1. The molecule has 0 bridgehead atoms. The highest BCUT2D eigenvalue weighted by Crippen LogP contribution is 2.29. The lowest BCUT2D eigenvalue weighted by Gasteiger charge is -2.24. The van der Waals surface area contributed by atoms with Gasteiger partial charge in [-0.2, -0.15) is 13.2 Å². The van der Waals surface area contributed by atoms with E-state index in [4.69, 9.17) is 5.73 Å². The summed E-state index contributed by atoms with van der Waals surface area (Å²) < 4.78 is 36.3. The molecule has 0 amide bonds. The van der Waals surface area contributed by atoms with E-state index >= 15 is 0 Å². The molecule has 0 aromatic heterocycles. The van der Waals surface area contributed by atoms with Gasteiger partial charge in [0.25, 0.3) is 0 Å². The van der Waals surface area contributed by atoms with Crippen molar-refractivity contribution in [2.45, 2.75) is 38.3 Å². The first-order valence-electron chi connectivity index (χ1n) is 5.59. The van der Waals surface area contributed by atoms with Crippen molar-refractivity contribution in [3.05, 3.63) is 29.8 Å². The van der Waals surface area contributed by atoms with Crippen LogP contribution in [0.2, 0.25) is 0 Å². The van der Waals surface area contributed by atoms with E-state index in [1.807, 2.05) is 0 Å². The summed E-state index contributed by atoms with van der Waals surface area (Å²) in [6.07, 6.45) is -5.88. The fraction of sp³-hybridized carbons (Fsp3) is 0.462. The van der Waals surface area contributed by atoms with Gasteiger partial charge < -0.3 is 5.73 Å². The van der Waals surface area contributed by atoms with Crippen LogP contribution in [0.25, 0.3) is 0 Å². The average molecular weight is 259 g/mol. The fourth-order valence-corrected chi connectivity index (χ4v) is 1.63. The zero-order chi connectivity index (χ0) is 14.0. The van der Waals surface area contributed by atoms with Gasteiger partial charge in [0.15, 0.2) is 0 Å². The molecule has 5 heteroatoms. The third-order valence-corrected chi connectivity index (χ3v) is 2.97. The molecule has 1 aromatic carbocycles.